The van der Waals surface area contributed by atoms with Crippen LogP contribution in [-0.2, 0) is 0 Å². The Hall–Kier alpha value is -3.18. The summed E-state index contributed by atoms with van der Waals surface area (Å²) in [6, 6.07) is 23.6. The molecule has 5 heteroatoms. The summed E-state index contributed by atoms with van der Waals surface area (Å²) in [5.41, 5.74) is 2.63. The van der Waals surface area contributed by atoms with Crippen LogP contribution in [0.15, 0.2) is 78.2 Å². The van der Waals surface area contributed by atoms with E-state index < -0.39 is 0 Å². The van der Waals surface area contributed by atoms with Crippen LogP contribution < -0.4 is 0 Å². The summed E-state index contributed by atoms with van der Waals surface area (Å²) in [4.78, 5) is 1.10. The third-order valence-corrected chi connectivity index (χ3v) is 5.58. The van der Waals surface area contributed by atoms with Crippen molar-refractivity contribution >= 4 is 33.1 Å². The fourth-order valence-corrected chi connectivity index (χ4v) is 4.30. The van der Waals surface area contributed by atoms with Gasteiger partial charge in [-0.1, -0.05) is 53.7 Å². The number of benzene rings is 3. The normalized spacial score (nSPS) is 12.6. The molecule has 1 atom stereocenters. The lowest BCUT2D eigenvalue weighted by molar-refractivity contribution is 0.458. The van der Waals surface area contributed by atoms with Gasteiger partial charge in [-0.25, -0.2) is 4.68 Å². The summed E-state index contributed by atoms with van der Waals surface area (Å²) < 4.78 is 1.91. The molecule has 26 heavy (non-hydrogen) atoms. The maximum absolute atomic E-state index is 10.8. The second kappa shape index (κ2) is 5.97. The highest BCUT2D eigenvalue weighted by atomic mass is 32.1. The summed E-state index contributed by atoms with van der Waals surface area (Å²) in [5, 5.41) is 23.7. The van der Waals surface area contributed by atoms with Gasteiger partial charge in [-0.2, -0.15) is 0 Å². The van der Waals surface area contributed by atoms with Gasteiger partial charge in [0.2, 0.25) is 0 Å². The predicted molar refractivity (Wildman–Crippen MR) is 105 cm³/mol. The Bertz CT molecular complexity index is 1210. The quantitative estimate of drug-likeness (QED) is 0.495. The molecule has 0 amide bonds. The Morgan fingerprint density at radius 1 is 0.885 bits per heavy atom. The van der Waals surface area contributed by atoms with Crippen molar-refractivity contribution in [3.05, 3.63) is 88.6 Å². The van der Waals surface area contributed by atoms with Gasteiger partial charge < -0.3 is 5.11 Å². The molecule has 4 nitrogen and oxygen atoms in total. The number of thiophene rings is 1. The van der Waals surface area contributed by atoms with E-state index in [4.69, 9.17) is 0 Å². The fourth-order valence-electron chi connectivity index (χ4n) is 3.48. The van der Waals surface area contributed by atoms with Crippen LogP contribution in [0.3, 0.4) is 0 Å². The lowest BCUT2D eigenvalue weighted by Gasteiger charge is -2.20. The van der Waals surface area contributed by atoms with Crippen LogP contribution in [0.25, 0.3) is 21.8 Å². The zero-order chi connectivity index (χ0) is 17.5. The Morgan fingerprint density at radius 3 is 2.62 bits per heavy atom. The second-order valence-electron chi connectivity index (χ2n) is 6.16. The van der Waals surface area contributed by atoms with Crippen molar-refractivity contribution in [1.82, 2.24) is 15.0 Å². The number of hydrogen-bond donors (Lipinski definition) is 1. The van der Waals surface area contributed by atoms with Gasteiger partial charge in [0.15, 0.2) is 0 Å². The topological polar surface area (TPSA) is 50.9 Å². The van der Waals surface area contributed by atoms with Crippen LogP contribution in [0.4, 0.5) is 0 Å². The number of rotatable bonds is 3. The molecule has 126 valence electrons. The van der Waals surface area contributed by atoms with E-state index in [1.807, 2.05) is 64.7 Å². The van der Waals surface area contributed by atoms with Crippen molar-refractivity contribution in [3.63, 3.8) is 0 Å². The van der Waals surface area contributed by atoms with Crippen molar-refractivity contribution in [1.29, 1.82) is 0 Å². The molecular formula is C21H15N3OS. The van der Waals surface area contributed by atoms with Gasteiger partial charge in [0.1, 0.15) is 17.3 Å². The van der Waals surface area contributed by atoms with E-state index in [9.17, 15) is 5.11 Å². The fraction of sp³-hybridized carbons (Fsp3) is 0.0476. The Kier molecular flexibility index (Phi) is 3.47. The number of phenols is 1. The van der Waals surface area contributed by atoms with Gasteiger partial charge >= 0.3 is 0 Å². The van der Waals surface area contributed by atoms with Crippen LogP contribution in [-0.4, -0.2) is 20.1 Å². The Morgan fingerprint density at radius 2 is 1.73 bits per heavy atom. The lowest BCUT2D eigenvalue weighted by atomic mass is 9.96. The van der Waals surface area contributed by atoms with Crippen molar-refractivity contribution in [2.45, 2.75) is 6.04 Å². The largest absolute Gasteiger partial charge is 0.508 e. The Balaban J connectivity index is 1.86. The second-order valence-corrected chi connectivity index (χ2v) is 7.14. The summed E-state index contributed by atoms with van der Waals surface area (Å²) in [5.74, 6) is 0.265. The summed E-state index contributed by atoms with van der Waals surface area (Å²) in [6.07, 6.45) is 0. The minimum absolute atomic E-state index is 0.242. The summed E-state index contributed by atoms with van der Waals surface area (Å²) >= 11 is 1.65. The first kappa shape index (κ1) is 15.1. The third kappa shape index (κ3) is 2.29. The molecule has 0 aliphatic heterocycles. The van der Waals surface area contributed by atoms with Crippen molar-refractivity contribution in [2.75, 3.05) is 0 Å². The minimum Gasteiger partial charge on any atom is -0.508 e. The van der Waals surface area contributed by atoms with Crippen molar-refractivity contribution in [3.8, 4) is 5.75 Å². The number of hydrogen-bond acceptors (Lipinski definition) is 4. The zero-order valence-corrected chi connectivity index (χ0v) is 14.6. The van der Waals surface area contributed by atoms with E-state index in [-0.39, 0.29) is 11.8 Å². The van der Waals surface area contributed by atoms with Crippen molar-refractivity contribution in [2.24, 2.45) is 0 Å². The maximum Gasteiger partial charge on any atom is 0.121 e. The van der Waals surface area contributed by atoms with Crippen LogP contribution in [0, 0.1) is 0 Å². The first-order valence-corrected chi connectivity index (χ1v) is 9.25. The molecule has 0 aliphatic carbocycles. The van der Waals surface area contributed by atoms with Gasteiger partial charge in [0.05, 0.1) is 5.52 Å². The molecule has 0 spiro atoms. The molecule has 0 fully saturated rings. The Labute approximate surface area is 154 Å². The molecule has 5 rings (SSSR count). The molecule has 3 aromatic carbocycles. The smallest absolute Gasteiger partial charge is 0.121 e. The van der Waals surface area contributed by atoms with E-state index in [0.717, 1.165) is 32.2 Å². The third-order valence-electron chi connectivity index (χ3n) is 4.66. The monoisotopic (exact) mass is 357 g/mol. The van der Waals surface area contributed by atoms with E-state index >= 15 is 0 Å². The number of phenolic OH excluding ortho intramolecular Hbond substituents is 1. The molecule has 0 radical (unpaired) electrons. The predicted octanol–water partition coefficient (Wildman–Crippen LogP) is 4.99. The highest BCUT2D eigenvalue weighted by molar-refractivity contribution is 7.10. The molecule has 2 aromatic heterocycles. The van der Waals surface area contributed by atoms with Gasteiger partial charge in [0.25, 0.3) is 0 Å². The van der Waals surface area contributed by atoms with Crippen LogP contribution in [0.5, 0.6) is 5.75 Å². The van der Waals surface area contributed by atoms with Crippen LogP contribution >= 0.6 is 11.3 Å². The molecule has 0 bridgehead atoms. The van der Waals surface area contributed by atoms with Gasteiger partial charge in [-0.15, -0.1) is 16.4 Å². The lowest BCUT2D eigenvalue weighted by Crippen LogP contribution is -2.13. The average molecular weight is 357 g/mol. The molecular weight excluding hydrogens is 342 g/mol. The highest BCUT2D eigenvalue weighted by Crippen LogP contribution is 2.40. The molecule has 0 saturated carbocycles. The molecule has 1 N–H and O–H groups in total. The van der Waals surface area contributed by atoms with Gasteiger partial charge in [0, 0.05) is 10.4 Å². The first-order chi connectivity index (χ1) is 12.8. The number of fused-ring (bicyclic) bond motifs is 2. The van der Waals surface area contributed by atoms with Crippen LogP contribution in [0.2, 0.25) is 0 Å². The van der Waals surface area contributed by atoms with Crippen molar-refractivity contribution < 1.29 is 5.11 Å². The summed E-state index contributed by atoms with van der Waals surface area (Å²) in [7, 11) is 0. The molecule has 1 unspecified atom stereocenters. The zero-order valence-electron chi connectivity index (χ0n) is 13.8. The van der Waals surface area contributed by atoms with E-state index in [0.29, 0.717) is 0 Å². The number of para-hydroxylation sites is 1. The highest BCUT2D eigenvalue weighted by Gasteiger charge is 2.25. The maximum atomic E-state index is 10.8. The average Bonchev–Trinajstić information content (AvgIpc) is 3.35. The number of aromatic nitrogens is 3. The van der Waals surface area contributed by atoms with E-state index in [1.54, 1.807) is 17.4 Å². The molecule has 0 saturated heterocycles. The first-order valence-electron chi connectivity index (χ1n) is 8.37. The molecule has 2 heterocycles. The molecule has 0 aliphatic rings. The minimum atomic E-state index is -0.242. The van der Waals surface area contributed by atoms with E-state index in [1.165, 1.54) is 0 Å². The van der Waals surface area contributed by atoms with Gasteiger partial charge in [-0.05, 0) is 40.4 Å². The van der Waals surface area contributed by atoms with E-state index in [2.05, 4.69) is 22.4 Å². The van der Waals surface area contributed by atoms with Crippen LogP contribution in [0.1, 0.15) is 16.5 Å². The van der Waals surface area contributed by atoms with Gasteiger partial charge in [-0.3, -0.25) is 0 Å². The standard InChI is InChI=1S/C21H15N3OS/c25-18-12-11-14-6-1-2-7-15(14)20(18)21(19-10-5-13-26-19)24-17-9-4-3-8-16(17)22-23-24/h1-13,21,25H. The SMILES string of the molecule is Oc1ccc2ccccc2c1C(c1cccs1)n1nnc2ccccc21. The number of aromatic hydroxyl groups is 1. The number of nitrogens with zero attached hydrogens (tertiary/aromatic N) is 3. The summed E-state index contributed by atoms with van der Waals surface area (Å²) in [6.45, 7) is 0. The molecule has 5 aromatic rings.